The Labute approximate surface area is 98.9 Å². The van der Waals surface area contributed by atoms with E-state index in [1.54, 1.807) is 0 Å². The van der Waals surface area contributed by atoms with E-state index in [9.17, 15) is 4.79 Å². The number of hydrogen-bond acceptors (Lipinski definition) is 3. The minimum absolute atomic E-state index is 0.00445. The summed E-state index contributed by atoms with van der Waals surface area (Å²) in [6.07, 6.45) is 4.18. The van der Waals surface area contributed by atoms with Crippen LogP contribution in [0.5, 0.6) is 0 Å². The average molecular weight is 227 g/mol. The van der Waals surface area contributed by atoms with Gasteiger partial charge < -0.3 is 10.1 Å². The molecule has 0 aromatic carbocycles. The van der Waals surface area contributed by atoms with Crippen LogP contribution in [0.4, 0.5) is 0 Å². The molecule has 1 rings (SSSR count). The smallest absolute Gasteiger partial charge is 0.308 e. The molecular formula is C13H25NO2. The van der Waals surface area contributed by atoms with Crippen LogP contribution in [0, 0.1) is 11.8 Å². The van der Waals surface area contributed by atoms with E-state index < -0.39 is 0 Å². The van der Waals surface area contributed by atoms with Crippen LogP contribution in [-0.2, 0) is 9.53 Å². The Kier molecular flexibility index (Phi) is 5.81. The Morgan fingerprint density at radius 3 is 2.44 bits per heavy atom. The van der Waals surface area contributed by atoms with E-state index in [1.807, 2.05) is 6.92 Å². The van der Waals surface area contributed by atoms with E-state index >= 15 is 0 Å². The van der Waals surface area contributed by atoms with Crippen molar-refractivity contribution in [2.45, 2.75) is 52.5 Å². The fourth-order valence-electron chi connectivity index (χ4n) is 2.20. The summed E-state index contributed by atoms with van der Waals surface area (Å²) in [6.45, 7) is 7.89. The monoisotopic (exact) mass is 227 g/mol. The molecule has 1 fully saturated rings. The lowest BCUT2D eigenvalue weighted by Crippen LogP contribution is -2.37. The minimum Gasteiger partial charge on any atom is -0.466 e. The molecule has 1 aliphatic carbocycles. The quantitative estimate of drug-likeness (QED) is 0.733. The summed E-state index contributed by atoms with van der Waals surface area (Å²) >= 11 is 0. The van der Waals surface area contributed by atoms with E-state index in [2.05, 4.69) is 19.2 Å². The maximum atomic E-state index is 11.5. The first-order valence-electron chi connectivity index (χ1n) is 6.53. The summed E-state index contributed by atoms with van der Waals surface area (Å²) in [5.41, 5.74) is 0. The molecule has 1 aliphatic rings. The number of carbonyl (C=O) groups excluding carboxylic acids is 1. The molecule has 0 saturated heterocycles. The Morgan fingerprint density at radius 2 is 1.94 bits per heavy atom. The Hall–Kier alpha value is -0.570. The largest absolute Gasteiger partial charge is 0.466 e. The van der Waals surface area contributed by atoms with Gasteiger partial charge in [-0.1, -0.05) is 13.8 Å². The average Bonchev–Trinajstić information content (AvgIpc) is 2.27. The minimum atomic E-state index is 0.00445. The van der Waals surface area contributed by atoms with Crippen molar-refractivity contribution in [1.29, 1.82) is 0 Å². The molecule has 16 heavy (non-hydrogen) atoms. The maximum absolute atomic E-state index is 11.5. The van der Waals surface area contributed by atoms with Crippen molar-refractivity contribution in [2.75, 3.05) is 13.2 Å². The summed E-state index contributed by atoms with van der Waals surface area (Å²) < 4.78 is 5.06. The normalized spacial score (nSPS) is 25.8. The third kappa shape index (κ3) is 4.52. The lowest BCUT2D eigenvalue weighted by atomic mass is 9.86. The summed E-state index contributed by atoms with van der Waals surface area (Å²) in [4.78, 5) is 11.5. The number of esters is 1. The van der Waals surface area contributed by atoms with E-state index in [0.29, 0.717) is 18.6 Å². The molecule has 0 amide bonds. The molecule has 1 saturated carbocycles. The molecule has 0 aromatic rings. The van der Waals surface area contributed by atoms with Crippen molar-refractivity contribution in [1.82, 2.24) is 5.32 Å². The van der Waals surface area contributed by atoms with Gasteiger partial charge in [-0.3, -0.25) is 4.79 Å². The summed E-state index contributed by atoms with van der Waals surface area (Å²) in [6, 6.07) is 0.605. The predicted octanol–water partition coefficient (Wildman–Crippen LogP) is 2.35. The summed E-state index contributed by atoms with van der Waals surface area (Å²) in [7, 11) is 0. The molecular weight excluding hydrogens is 202 g/mol. The Morgan fingerprint density at radius 1 is 1.31 bits per heavy atom. The van der Waals surface area contributed by atoms with Gasteiger partial charge in [0.1, 0.15) is 0 Å². The van der Waals surface area contributed by atoms with Gasteiger partial charge in [0.05, 0.1) is 12.5 Å². The maximum Gasteiger partial charge on any atom is 0.308 e. The molecule has 0 atom stereocenters. The van der Waals surface area contributed by atoms with Crippen LogP contribution in [-0.4, -0.2) is 25.2 Å². The van der Waals surface area contributed by atoms with Gasteiger partial charge in [-0.2, -0.15) is 0 Å². The Balaban J connectivity index is 2.20. The molecule has 0 radical (unpaired) electrons. The highest BCUT2D eigenvalue weighted by atomic mass is 16.5. The second-order valence-electron chi connectivity index (χ2n) is 5.10. The van der Waals surface area contributed by atoms with Gasteiger partial charge in [0.25, 0.3) is 0 Å². The van der Waals surface area contributed by atoms with Crippen LogP contribution in [0.1, 0.15) is 46.5 Å². The third-order valence-corrected chi connectivity index (χ3v) is 3.16. The van der Waals surface area contributed by atoms with Crippen molar-refractivity contribution in [3.63, 3.8) is 0 Å². The number of carbonyl (C=O) groups is 1. The van der Waals surface area contributed by atoms with Gasteiger partial charge in [0.15, 0.2) is 0 Å². The van der Waals surface area contributed by atoms with Crippen LogP contribution in [0.3, 0.4) is 0 Å². The SMILES string of the molecule is CCOC(=O)C1CCC(NCC(C)C)CC1. The molecule has 3 nitrogen and oxygen atoms in total. The third-order valence-electron chi connectivity index (χ3n) is 3.16. The molecule has 0 bridgehead atoms. The number of hydrogen-bond donors (Lipinski definition) is 1. The van der Waals surface area contributed by atoms with Gasteiger partial charge >= 0.3 is 5.97 Å². The van der Waals surface area contributed by atoms with Crippen LogP contribution in [0.2, 0.25) is 0 Å². The molecule has 0 heterocycles. The summed E-state index contributed by atoms with van der Waals surface area (Å²) in [5.74, 6) is 0.852. The van der Waals surface area contributed by atoms with E-state index in [4.69, 9.17) is 4.74 Å². The first-order valence-corrected chi connectivity index (χ1v) is 6.53. The van der Waals surface area contributed by atoms with Gasteiger partial charge in [-0.25, -0.2) is 0 Å². The zero-order valence-electron chi connectivity index (χ0n) is 10.8. The summed E-state index contributed by atoms with van der Waals surface area (Å²) in [5, 5.41) is 3.56. The highest BCUT2D eigenvalue weighted by Crippen LogP contribution is 2.25. The van der Waals surface area contributed by atoms with Gasteiger partial charge in [-0.15, -0.1) is 0 Å². The van der Waals surface area contributed by atoms with Gasteiger partial charge in [-0.05, 0) is 45.1 Å². The lowest BCUT2D eigenvalue weighted by Gasteiger charge is -2.28. The van der Waals surface area contributed by atoms with Crippen molar-refractivity contribution >= 4 is 5.97 Å². The molecule has 1 N–H and O–H groups in total. The first-order chi connectivity index (χ1) is 7.63. The van der Waals surface area contributed by atoms with Crippen LogP contribution >= 0.6 is 0 Å². The van der Waals surface area contributed by atoms with Crippen LogP contribution < -0.4 is 5.32 Å². The Bertz CT molecular complexity index is 208. The van der Waals surface area contributed by atoms with Crippen molar-refractivity contribution < 1.29 is 9.53 Å². The molecule has 0 unspecified atom stereocenters. The zero-order valence-corrected chi connectivity index (χ0v) is 10.8. The van der Waals surface area contributed by atoms with E-state index in [1.165, 1.54) is 0 Å². The number of ether oxygens (including phenoxy) is 1. The zero-order chi connectivity index (χ0) is 12.0. The predicted molar refractivity (Wildman–Crippen MR) is 65.2 cm³/mol. The highest BCUT2D eigenvalue weighted by molar-refractivity contribution is 5.72. The van der Waals surface area contributed by atoms with Gasteiger partial charge in [0.2, 0.25) is 0 Å². The van der Waals surface area contributed by atoms with Crippen molar-refractivity contribution in [3.8, 4) is 0 Å². The topological polar surface area (TPSA) is 38.3 Å². The lowest BCUT2D eigenvalue weighted by molar-refractivity contribution is -0.149. The molecule has 3 heteroatoms. The fourth-order valence-corrected chi connectivity index (χ4v) is 2.20. The second kappa shape index (κ2) is 6.89. The number of nitrogens with one attached hydrogen (secondary N) is 1. The second-order valence-corrected chi connectivity index (χ2v) is 5.10. The highest BCUT2D eigenvalue weighted by Gasteiger charge is 2.26. The molecule has 0 aromatic heterocycles. The molecule has 0 aliphatic heterocycles. The molecule has 0 spiro atoms. The van der Waals surface area contributed by atoms with Crippen molar-refractivity contribution in [3.05, 3.63) is 0 Å². The first kappa shape index (κ1) is 13.5. The van der Waals surface area contributed by atoms with E-state index in [0.717, 1.165) is 32.2 Å². The van der Waals surface area contributed by atoms with E-state index in [-0.39, 0.29) is 11.9 Å². The van der Waals surface area contributed by atoms with Crippen LogP contribution in [0.15, 0.2) is 0 Å². The van der Waals surface area contributed by atoms with Gasteiger partial charge in [0, 0.05) is 6.04 Å². The fraction of sp³-hybridized carbons (Fsp3) is 0.923. The van der Waals surface area contributed by atoms with Crippen LogP contribution in [0.25, 0.3) is 0 Å². The standard InChI is InChI=1S/C13H25NO2/c1-4-16-13(15)11-5-7-12(8-6-11)14-9-10(2)3/h10-12,14H,4-9H2,1-3H3. The van der Waals surface area contributed by atoms with Crippen molar-refractivity contribution in [2.24, 2.45) is 11.8 Å². The molecule has 94 valence electrons. The number of rotatable bonds is 5.